The standard InChI is InChI=1S/C14H12ClFN2O/c15-14-13(11(17)7-8-18-14)12(19)6-3-9-1-4-10(16)5-2-9/h1-2,4-5,7-8H,3,6H2,(H2,17,18). The smallest absolute Gasteiger partial charge is 0.168 e. The van der Waals surface area contributed by atoms with Crippen molar-refractivity contribution in [2.75, 3.05) is 5.73 Å². The highest BCUT2D eigenvalue weighted by Crippen LogP contribution is 2.21. The number of Topliss-reactive ketones (excluding diaryl/α,β-unsaturated/α-hetero) is 1. The quantitative estimate of drug-likeness (QED) is 0.690. The van der Waals surface area contributed by atoms with Crippen molar-refractivity contribution in [3.63, 3.8) is 0 Å². The van der Waals surface area contributed by atoms with Gasteiger partial charge in [0.1, 0.15) is 11.0 Å². The van der Waals surface area contributed by atoms with Crippen LogP contribution in [0.25, 0.3) is 0 Å². The summed E-state index contributed by atoms with van der Waals surface area (Å²) in [7, 11) is 0. The number of aryl methyl sites for hydroxylation is 1. The van der Waals surface area contributed by atoms with Gasteiger partial charge in [0, 0.05) is 18.3 Å². The first-order valence-corrected chi connectivity index (χ1v) is 6.13. The number of anilines is 1. The lowest BCUT2D eigenvalue weighted by molar-refractivity contribution is 0.0983. The van der Waals surface area contributed by atoms with Crippen LogP contribution in [-0.2, 0) is 6.42 Å². The molecular weight excluding hydrogens is 267 g/mol. The number of carbonyl (C=O) groups excluding carboxylic acids is 1. The van der Waals surface area contributed by atoms with E-state index in [9.17, 15) is 9.18 Å². The van der Waals surface area contributed by atoms with E-state index in [2.05, 4.69) is 4.98 Å². The number of benzene rings is 1. The van der Waals surface area contributed by atoms with Crippen LogP contribution in [0.15, 0.2) is 36.5 Å². The van der Waals surface area contributed by atoms with Crippen molar-refractivity contribution in [3.8, 4) is 0 Å². The molecule has 0 saturated carbocycles. The minimum Gasteiger partial charge on any atom is -0.398 e. The average Bonchev–Trinajstić information content (AvgIpc) is 2.38. The number of carbonyl (C=O) groups is 1. The number of nitrogen functional groups attached to an aromatic ring is 1. The second kappa shape index (κ2) is 5.80. The summed E-state index contributed by atoms with van der Waals surface area (Å²) in [6.07, 6.45) is 2.21. The molecule has 0 atom stereocenters. The molecule has 0 aliphatic rings. The van der Waals surface area contributed by atoms with Crippen LogP contribution in [0.3, 0.4) is 0 Å². The molecule has 0 aliphatic carbocycles. The van der Waals surface area contributed by atoms with Gasteiger partial charge in [0.2, 0.25) is 0 Å². The van der Waals surface area contributed by atoms with Gasteiger partial charge in [0.05, 0.1) is 5.56 Å². The summed E-state index contributed by atoms with van der Waals surface area (Å²) < 4.78 is 12.7. The Morgan fingerprint density at radius 2 is 1.95 bits per heavy atom. The predicted octanol–water partition coefficient (Wildman–Crippen LogP) is 3.27. The van der Waals surface area contributed by atoms with Crippen LogP contribution in [0.4, 0.5) is 10.1 Å². The van der Waals surface area contributed by atoms with Gasteiger partial charge in [0.25, 0.3) is 0 Å². The zero-order valence-corrected chi connectivity index (χ0v) is 10.8. The maximum atomic E-state index is 12.7. The van der Waals surface area contributed by atoms with Gasteiger partial charge in [-0.05, 0) is 30.2 Å². The van der Waals surface area contributed by atoms with Crippen LogP contribution in [0.2, 0.25) is 5.15 Å². The number of halogens is 2. The van der Waals surface area contributed by atoms with Crippen LogP contribution in [-0.4, -0.2) is 10.8 Å². The Morgan fingerprint density at radius 1 is 1.26 bits per heavy atom. The SMILES string of the molecule is Nc1ccnc(Cl)c1C(=O)CCc1ccc(F)cc1. The summed E-state index contributed by atoms with van der Waals surface area (Å²) in [5.74, 6) is -0.463. The Balaban J connectivity index is 2.07. The van der Waals surface area contributed by atoms with Crippen molar-refractivity contribution < 1.29 is 9.18 Å². The Labute approximate surface area is 115 Å². The van der Waals surface area contributed by atoms with Gasteiger partial charge in [-0.3, -0.25) is 4.79 Å². The fourth-order valence-electron chi connectivity index (χ4n) is 1.76. The number of nitrogens with two attached hydrogens (primary N) is 1. The molecule has 2 N–H and O–H groups in total. The van der Waals surface area contributed by atoms with Gasteiger partial charge in [0.15, 0.2) is 5.78 Å². The predicted molar refractivity (Wildman–Crippen MR) is 72.7 cm³/mol. The molecule has 0 unspecified atom stereocenters. The molecular formula is C14H12ClFN2O. The number of aromatic nitrogens is 1. The van der Waals surface area contributed by atoms with Gasteiger partial charge >= 0.3 is 0 Å². The first kappa shape index (κ1) is 13.5. The van der Waals surface area contributed by atoms with Crippen molar-refractivity contribution in [1.29, 1.82) is 0 Å². The molecule has 5 heteroatoms. The van der Waals surface area contributed by atoms with E-state index in [1.54, 1.807) is 12.1 Å². The molecule has 2 rings (SSSR count). The molecule has 0 saturated heterocycles. The number of hydrogen-bond acceptors (Lipinski definition) is 3. The van der Waals surface area contributed by atoms with Crippen molar-refractivity contribution in [1.82, 2.24) is 4.98 Å². The molecule has 0 bridgehead atoms. The lowest BCUT2D eigenvalue weighted by Crippen LogP contribution is -2.07. The van der Waals surface area contributed by atoms with Crippen molar-refractivity contribution in [2.24, 2.45) is 0 Å². The fourth-order valence-corrected chi connectivity index (χ4v) is 2.03. The van der Waals surface area contributed by atoms with Crippen LogP contribution in [0.1, 0.15) is 22.3 Å². The van der Waals surface area contributed by atoms with E-state index in [-0.39, 0.29) is 28.7 Å². The second-order valence-corrected chi connectivity index (χ2v) is 4.47. The van der Waals surface area contributed by atoms with Gasteiger partial charge in [-0.1, -0.05) is 23.7 Å². The molecule has 0 fully saturated rings. The number of nitrogens with zero attached hydrogens (tertiary/aromatic N) is 1. The van der Waals surface area contributed by atoms with E-state index in [0.29, 0.717) is 12.1 Å². The monoisotopic (exact) mass is 278 g/mol. The van der Waals surface area contributed by atoms with Gasteiger partial charge < -0.3 is 5.73 Å². The average molecular weight is 279 g/mol. The number of ketones is 1. The largest absolute Gasteiger partial charge is 0.398 e. The maximum Gasteiger partial charge on any atom is 0.168 e. The molecule has 3 nitrogen and oxygen atoms in total. The summed E-state index contributed by atoms with van der Waals surface area (Å²) in [5.41, 5.74) is 7.18. The molecule has 0 amide bonds. The minimum atomic E-state index is -0.297. The molecule has 98 valence electrons. The third kappa shape index (κ3) is 3.29. The third-order valence-electron chi connectivity index (χ3n) is 2.77. The molecule has 2 aromatic rings. The van der Waals surface area contributed by atoms with E-state index in [0.717, 1.165) is 5.56 Å². The first-order valence-electron chi connectivity index (χ1n) is 5.75. The van der Waals surface area contributed by atoms with Crippen LogP contribution in [0, 0.1) is 5.82 Å². The lowest BCUT2D eigenvalue weighted by Gasteiger charge is -2.06. The summed E-state index contributed by atoms with van der Waals surface area (Å²) in [6, 6.07) is 7.57. The number of pyridine rings is 1. The molecule has 0 aliphatic heterocycles. The van der Waals surface area contributed by atoms with E-state index in [1.165, 1.54) is 24.4 Å². The molecule has 0 spiro atoms. The maximum absolute atomic E-state index is 12.7. The number of rotatable bonds is 4. The molecule has 1 aromatic carbocycles. The lowest BCUT2D eigenvalue weighted by atomic mass is 10.0. The number of hydrogen-bond donors (Lipinski definition) is 1. The molecule has 1 heterocycles. The molecule has 19 heavy (non-hydrogen) atoms. The van der Waals surface area contributed by atoms with E-state index < -0.39 is 0 Å². The second-order valence-electron chi connectivity index (χ2n) is 4.12. The zero-order chi connectivity index (χ0) is 13.8. The highest BCUT2D eigenvalue weighted by atomic mass is 35.5. The zero-order valence-electron chi connectivity index (χ0n) is 10.1. The highest BCUT2D eigenvalue weighted by molar-refractivity contribution is 6.33. The normalized spacial score (nSPS) is 10.4. The van der Waals surface area contributed by atoms with Gasteiger partial charge in [-0.2, -0.15) is 0 Å². The van der Waals surface area contributed by atoms with Crippen LogP contribution in [0.5, 0.6) is 0 Å². The highest BCUT2D eigenvalue weighted by Gasteiger charge is 2.14. The first-order chi connectivity index (χ1) is 9.08. The minimum absolute atomic E-state index is 0.115. The van der Waals surface area contributed by atoms with Crippen molar-refractivity contribution in [3.05, 3.63) is 58.6 Å². The van der Waals surface area contributed by atoms with E-state index in [4.69, 9.17) is 17.3 Å². The topological polar surface area (TPSA) is 56.0 Å². The Kier molecular flexibility index (Phi) is 4.12. The van der Waals surface area contributed by atoms with E-state index in [1.807, 2.05) is 0 Å². The Hall–Kier alpha value is -1.94. The van der Waals surface area contributed by atoms with Crippen molar-refractivity contribution in [2.45, 2.75) is 12.8 Å². The summed E-state index contributed by atoms with van der Waals surface area (Å²) >= 11 is 5.87. The Bertz CT molecular complexity index is 579. The Morgan fingerprint density at radius 3 is 2.58 bits per heavy atom. The molecule has 0 radical (unpaired) electrons. The summed E-state index contributed by atoms with van der Waals surface area (Å²) in [6.45, 7) is 0. The van der Waals surface area contributed by atoms with Gasteiger partial charge in [-0.15, -0.1) is 0 Å². The molecule has 1 aromatic heterocycles. The van der Waals surface area contributed by atoms with Gasteiger partial charge in [-0.25, -0.2) is 9.37 Å². The third-order valence-corrected chi connectivity index (χ3v) is 3.06. The fraction of sp³-hybridized carbons (Fsp3) is 0.143. The van der Waals surface area contributed by atoms with Crippen molar-refractivity contribution >= 4 is 23.1 Å². The van der Waals surface area contributed by atoms with Crippen LogP contribution >= 0.6 is 11.6 Å². The van der Waals surface area contributed by atoms with E-state index >= 15 is 0 Å². The summed E-state index contributed by atoms with van der Waals surface area (Å²) in [5, 5.41) is 0.115. The summed E-state index contributed by atoms with van der Waals surface area (Å²) in [4.78, 5) is 15.9. The van der Waals surface area contributed by atoms with Crippen LogP contribution < -0.4 is 5.73 Å².